The zero-order valence-corrected chi connectivity index (χ0v) is 12.1. The van der Waals surface area contributed by atoms with Crippen LogP contribution in [0.3, 0.4) is 0 Å². The molecule has 0 heterocycles. The van der Waals surface area contributed by atoms with Crippen molar-refractivity contribution in [3.05, 3.63) is 23.8 Å². The summed E-state index contributed by atoms with van der Waals surface area (Å²) in [7, 11) is 0. The van der Waals surface area contributed by atoms with Crippen molar-refractivity contribution in [3.8, 4) is 0 Å². The molecule has 3 nitrogen and oxygen atoms in total. The lowest BCUT2D eigenvalue weighted by molar-refractivity contribution is -0.145. The van der Waals surface area contributed by atoms with Gasteiger partial charge in [-0.05, 0) is 44.1 Å². The predicted molar refractivity (Wildman–Crippen MR) is 74.5 cm³/mol. The van der Waals surface area contributed by atoms with Crippen molar-refractivity contribution < 1.29 is 14.6 Å². The van der Waals surface area contributed by atoms with E-state index in [4.69, 9.17) is 4.74 Å². The topological polar surface area (TPSA) is 46.5 Å². The highest BCUT2D eigenvalue weighted by Crippen LogP contribution is 2.50. The molecule has 0 bridgehead atoms. The van der Waals surface area contributed by atoms with Crippen LogP contribution in [0.2, 0.25) is 0 Å². The van der Waals surface area contributed by atoms with Crippen molar-refractivity contribution in [2.24, 2.45) is 17.8 Å². The number of aliphatic hydroxyl groups is 1. The van der Waals surface area contributed by atoms with Crippen LogP contribution in [0.5, 0.6) is 0 Å². The van der Waals surface area contributed by atoms with E-state index in [1.807, 2.05) is 13.8 Å². The Morgan fingerprint density at radius 3 is 2.84 bits per heavy atom. The summed E-state index contributed by atoms with van der Waals surface area (Å²) in [6.07, 6.45) is 4.39. The Morgan fingerprint density at radius 2 is 2.26 bits per heavy atom. The standard InChI is InChI=1S/C16H24O3/c1-10(2)13-6-5-12(4)16(18)8-15(19-9-17)11(3)7-14(13)16/h7,9,12-15,18H,1,5-6,8H2,2-4H3/t12-,13+,14+,15-,16-/m1/s1. The molecule has 2 rings (SSSR count). The molecular weight excluding hydrogens is 240 g/mol. The molecule has 1 N–H and O–H groups in total. The molecule has 106 valence electrons. The van der Waals surface area contributed by atoms with Gasteiger partial charge in [-0.25, -0.2) is 0 Å². The van der Waals surface area contributed by atoms with Crippen molar-refractivity contribution in [2.45, 2.75) is 51.7 Å². The van der Waals surface area contributed by atoms with Crippen LogP contribution in [0.15, 0.2) is 23.8 Å². The van der Waals surface area contributed by atoms with Gasteiger partial charge in [0.15, 0.2) is 0 Å². The Bertz CT molecular complexity index is 412. The molecule has 0 amide bonds. The number of hydrogen-bond donors (Lipinski definition) is 1. The number of carbonyl (C=O) groups is 1. The number of hydrogen-bond acceptors (Lipinski definition) is 3. The lowest BCUT2D eigenvalue weighted by Gasteiger charge is -2.51. The van der Waals surface area contributed by atoms with E-state index in [2.05, 4.69) is 19.6 Å². The fraction of sp³-hybridized carbons (Fsp3) is 0.688. The van der Waals surface area contributed by atoms with E-state index in [9.17, 15) is 9.90 Å². The Kier molecular flexibility index (Phi) is 3.86. The molecule has 2 aliphatic carbocycles. The molecule has 0 saturated heterocycles. The minimum atomic E-state index is -0.783. The molecule has 2 aliphatic rings. The summed E-state index contributed by atoms with van der Waals surface area (Å²) in [5, 5.41) is 11.1. The van der Waals surface area contributed by atoms with Gasteiger partial charge < -0.3 is 9.84 Å². The van der Waals surface area contributed by atoms with Crippen molar-refractivity contribution >= 4 is 6.47 Å². The number of allylic oxidation sites excluding steroid dienone is 1. The van der Waals surface area contributed by atoms with E-state index >= 15 is 0 Å². The van der Waals surface area contributed by atoms with Crippen LogP contribution in [-0.2, 0) is 9.53 Å². The van der Waals surface area contributed by atoms with E-state index in [-0.39, 0.29) is 17.9 Å². The summed E-state index contributed by atoms with van der Waals surface area (Å²) in [6.45, 7) is 10.7. The fourth-order valence-electron chi connectivity index (χ4n) is 3.76. The fourth-order valence-corrected chi connectivity index (χ4v) is 3.76. The number of rotatable bonds is 3. The minimum Gasteiger partial charge on any atom is -0.460 e. The minimum absolute atomic E-state index is 0.0975. The van der Waals surface area contributed by atoms with Gasteiger partial charge in [-0.1, -0.05) is 25.2 Å². The van der Waals surface area contributed by atoms with E-state index < -0.39 is 5.60 Å². The molecule has 0 aromatic carbocycles. The Balaban J connectivity index is 2.37. The lowest BCUT2D eigenvalue weighted by atomic mass is 9.58. The molecule has 0 radical (unpaired) electrons. The van der Waals surface area contributed by atoms with Crippen LogP contribution in [0, 0.1) is 17.8 Å². The van der Waals surface area contributed by atoms with Gasteiger partial charge in [0, 0.05) is 12.3 Å². The average molecular weight is 264 g/mol. The van der Waals surface area contributed by atoms with Gasteiger partial charge in [-0.15, -0.1) is 0 Å². The molecule has 0 spiro atoms. The van der Waals surface area contributed by atoms with Crippen LogP contribution >= 0.6 is 0 Å². The first-order chi connectivity index (χ1) is 8.90. The molecule has 0 aromatic rings. The first-order valence-corrected chi connectivity index (χ1v) is 7.05. The molecule has 19 heavy (non-hydrogen) atoms. The number of fused-ring (bicyclic) bond motifs is 1. The van der Waals surface area contributed by atoms with Crippen LogP contribution in [0.4, 0.5) is 0 Å². The highest BCUT2D eigenvalue weighted by atomic mass is 16.5. The zero-order chi connectivity index (χ0) is 14.2. The maximum absolute atomic E-state index is 11.1. The van der Waals surface area contributed by atoms with E-state index in [0.29, 0.717) is 18.8 Å². The Labute approximate surface area is 115 Å². The lowest BCUT2D eigenvalue weighted by Crippen LogP contribution is -2.54. The molecule has 1 saturated carbocycles. The SMILES string of the molecule is C=C(C)[C@@H]1CC[C@@H](C)[C@]2(O)C[C@@H](OC=O)C(C)=C[C@@H]12. The first-order valence-electron chi connectivity index (χ1n) is 7.05. The van der Waals surface area contributed by atoms with Crippen LogP contribution in [-0.4, -0.2) is 23.3 Å². The maximum atomic E-state index is 11.1. The summed E-state index contributed by atoms with van der Waals surface area (Å²) in [5.74, 6) is 0.642. The van der Waals surface area contributed by atoms with Crippen molar-refractivity contribution in [1.82, 2.24) is 0 Å². The highest BCUT2D eigenvalue weighted by molar-refractivity contribution is 5.39. The van der Waals surface area contributed by atoms with Crippen molar-refractivity contribution in [3.63, 3.8) is 0 Å². The van der Waals surface area contributed by atoms with Crippen LogP contribution < -0.4 is 0 Å². The first kappa shape index (κ1) is 14.3. The Morgan fingerprint density at radius 1 is 1.58 bits per heavy atom. The van der Waals surface area contributed by atoms with Crippen LogP contribution in [0.1, 0.15) is 40.0 Å². The van der Waals surface area contributed by atoms with Crippen molar-refractivity contribution in [2.75, 3.05) is 0 Å². The Hall–Kier alpha value is -1.09. The quantitative estimate of drug-likeness (QED) is 0.630. The van der Waals surface area contributed by atoms with Gasteiger partial charge >= 0.3 is 0 Å². The molecule has 3 heteroatoms. The average Bonchev–Trinajstić information content (AvgIpc) is 2.33. The van der Waals surface area contributed by atoms with Crippen LogP contribution in [0.25, 0.3) is 0 Å². The van der Waals surface area contributed by atoms with E-state index in [1.165, 1.54) is 0 Å². The third kappa shape index (κ3) is 2.36. The van der Waals surface area contributed by atoms with Gasteiger partial charge in [0.25, 0.3) is 6.47 Å². The third-order valence-corrected chi connectivity index (χ3v) is 5.09. The summed E-state index contributed by atoms with van der Waals surface area (Å²) in [6, 6.07) is 0. The second-order valence-electron chi connectivity index (χ2n) is 6.28. The summed E-state index contributed by atoms with van der Waals surface area (Å²) in [4.78, 5) is 10.6. The molecular formula is C16H24O3. The largest absolute Gasteiger partial charge is 0.460 e. The molecule has 0 aromatic heterocycles. The summed E-state index contributed by atoms with van der Waals surface area (Å²) in [5.41, 5.74) is 1.39. The normalized spacial score (nSPS) is 42.0. The maximum Gasteiger partial charge on any atom is 0.293 e. The summed E-state index contributed by atoms with van der Waals surface area (Å²) < 4.78 is 5.12. The molecule has 5 atom stereocenters. The monoisotopic (exact) mass is 264 g/mol. The predicted octanol–water partition coefficient (Wildman–Crippen LogP) is 2.85. The van der Waals surface area contributed by atoms with Gasteiger partial charge in [0.1, 0.15) is 6.10 Å². The second-order valence-corrected chi connectivity index (χ2v) is 6.28. The van der Waals surface area contributed by atoms with E-state index in [1.54, 1.807) is 0 Å². The number of carbonyl (C=O) groups excluding carboxylic acids is 1. The zero-order valence-electron chi connectivity index (χ0n) is 12.1. The van der Waals surface area contributed by atoms with Gasteiger partial charge in [-0.3, -0.25) is 4.79 Å². The van der Waals surface area contributed by atoms with Gasteiger partial charge in [-0.2, -0.15) is 0 Å². The molecule has 0 aliphatic heterocycles. The third-order valence-electron chi connectivity index (χ3n) is 5.09. The van der Waals surface area contributed by atoms with Gasteiger partial charge in [0.2, 0.25) is 0 Å². The molecule has 1 fully saturated rings. The number of ether oxygens (including phenoxy) is 1. The smallest absolute Gasteiger partial charge is 0.293 e. The second kappa shape index (κ2) is 5.12. The van der Waals surface area contributed by atoms with Gasteiger partial charge in [0.05, 0.1) is 5.60 Å². The van der Waals surface area contributed by atoms with Crippen molar-refractivity contribution in [1.29, 1.82) is 0 Å². The molecule has 0 unspecified atom stereocenters. The highest BCUT2D eigenvalue weighted by Gasteiger charge is 2.51. The summed E-state index contributed by atoms with van der Waals surface area (Å²) >= 11 is 0. The van der Waals surface area contributed by atoms with E-state index in [0.717, 1.165) is 24.0 Å².